The maximum Gasteiger partial charge on any atom is 0.258 e. The van der Waals surface area contributed by atoms with Crippen LogP contribution in [-0.2, 0) is 6.54 Å². The van der Waals surface area contributed by atoms with Crippen LogP contribution in [0.2, 0.25) is 0 Å². The Bertz CT molecular complexity index is 972. The number of anilines is 1. The van der Waals surface area contributed by atoms with E-state index in [1.807, 2.05) is 34.5 Å². The zero-order valence-corrected chi connectivity index (χ0v) is 14.5. The molecule has 1 saturated heterocycles. The van der Waals surface area contributed by atoms with Gasteiger partial charge in [-0.1, -0.05) is 6.07 Å². The molecule has 0 radical (unpaired) electrons. The van der Waals surface area contributed by atoms with E-state index in [9.17, 15) is 9.59 Å². The third kappa shape index (κ3) is 3.28. The zero-order chi connectivity index (χ0) is 17.2. The fourth-order valence-corrected chi connectivity index (χ4v) is 3.77. The number of likely N-dealkylation sites (tertiary alicyclic amines) is 1. The minimum absolute atomic E-state index is 0.0810. The molecule has 4 rings (SSSR count). The summed E-state index contributed by atoms with van der Waals surface area (Å²) in [5.41, 5.74) is 2.14. The first kappa shape index (κ1) is 15.8. The van der Waals surface area contributed by atoms with Crippen molar-refractivity contribution in [3.63, 3.8) is 0 Å². The molecule has 128 valence electrons. The van der Waals surface area contributed by atoms with E-state index in [2.05, 4.69) is 10.3 Å². The molecule has 1 aliphatic heterocycles. The number of benzene rings is 1. The van der Waals surface area contributed by atoms with Crippen molar-refractivity contribution in [1.29, 1.82) is 0 Å². The van der Waals surface area contributed by atoms with Crippen molar-refractivity contribution in [3.8, 4) is 0 Å². The van der Waals surface area contributed by atoms with Crippen LogP contribution in [0.15, 0.2) is 46.7 Å². The van der Waals surface area contributed by atoms with E-state index in [1.165, 1.54) is 21.8 Å². The highest BCUT2D eigenvalue weighted by Gasteiger charge is 2.19. The lowest BCUT2D eigenvalue weighted by Crippen LogP contribution is -2.27. The smallest absolute Gasteiger partial charge is 0.258 e. The van der Waals surface area contributed by atoms with Crippen LogP contribution in [-0.4, -0.2) is 33.3 Å². The number of amides is 1. The van der Waals surface area contributed by atoms with E-state index in [-0.39, 0.29) is 11.5 Å². The lowest BCUT2D eigenvalue weighted by molar-refractivity contribution is 0.0793. The van der Waals surface area contributed by atoms with Gasteiger partial charge in [0, 0.05) is 42.0 Å². The Kier molecular flexibility index (Phi) is 4.23. The summed E-state index contributed by atoms with van der Waals surface area (Å²) in [6.07, 6.45) is 3.88. The number of carbonyl (C=O) groups is 1. The molecule has 7 heteroatoms. The largest absolute Gasteiger partial charge is 0.379 e. The van der Waals surface area contributed by atoms with Crippen molar-refractivity contribution in [2.24, 2.45) is 0 Å². The molecule has 0 atom stereocenters. The maximum atomic E-state index is 12.5. The van der Waals surface area contributed by atoms with Gasteiger partial charge in [-0.2, -0.15) is 0 Å². The molecule has 0 saturated carbocycles. The van der Waals surface area contributed by atoms with Gasteiger partial charge in [-0.15, -0.1) is 11.3 Å². The summed E-state index contributed by atoms with van der Waals surface area (Å²) >= 11 is 1.43. The molecule has 25 heavy (non-hydrogen) atoms. The first-order valence-corrected chi connectivity index (χ1v) is 9.18. The van der Waals surface area contributed by atoms with Crippen LogP contribution >= 0.6 is 11.3 Å². The number of rotatable bonds is 4. The molecule has 3 aromatic rings. The lowest BCUT2D eigenvalue weighted by Gasteiger charge is -2.16. The minimum Gasteiger partial charge on any atom is -0.379 e. The average Bonchev–Trinajstić information content (AvgIpc) is 3.31. The Morgan fingerprint density at radius 3 is 2.92 bits per heavy atom. The molecule has 0 aliphatic carbocycles. The SMILES string of the molecule is O=C(c1cccc(NCc2cc(=O)n3ccsc3n2)c1)N1CCCC1. The van der Waals surface area contributed by atoms with Gasteiger partial charge >= 0.3 is 0 Å². The molecular weight excluding hydrogens is 336 g/mol. The van der Waals surface area contributed by atoms with Crippen molar-refractivity contribution in [2.75, 3.05) is 18.4 Å². The van der Waals surface area contributed by atoms with E-state index >= 15 is 0 Å². The van der Waals surface area contributed by atoms with Crippen molar-refractivity contribution in [2.45, 2.75) is 19.4 Å². The molecule has 0 spiro atoms. The summed E-state index contributed by atoms with van der Waals surface area (Å²) in [4.78, 5) is 31.5. The average molecular weight is 354 g/mol. The van der Waals surface area contributed by atoms with E-state index < -0.39 is 0 Å². The number of thiazole rings is 1. The highest BCUT2D eigenvalue weighted by Crippen LogP contribution is 2.17. The van der Waals surface area contributed by atoms with Crippen molar-refractivity contribution >= 4 is 27.9 Å². The van der Waals surface area contributed by atoms with Gasteiger partial charge in [0.05, 0.1) is 12.2 Å². The number of carbonyl (C=O) groups excluding carboxylic acids is 1. The van der Waals surface area contributed by atoms with Gasteiger partial charge in [-0.25, -0.2) is 4.98 Å². The van der Waals surface area contributed by atoms with Crippen LogP contribution in [0.5, 0.6) is 0 Å². The molecule has 1 aliphatic rings. The molecule has 0 bridgehead atoms. The van der Waals surface area contributed by atoms with Crippen molar-refractivity contribution in [1.82, 2.24) is 14.3 Å². The van der Waals surface area contributed by atoms with Crippen LogP contribution in [0.3, 0.4) is 0 Å². The molecule has 1 aromatic carbocycles. The predicted octanol–water partition coefficient (Wildman–Crippen LogP) is 2.60. The van der Waals surface area contributed by atoms with Crippen molar-refractivity contribution < 1.29 is 4.79 Å². The monoisotopic (exact) mass is 354 g/mol. The molecule has 1 N–H and O–H groups in total. The fraction of sp³-hybridized carbons (Fsp3) is 0.278. The summed E-state index contributed by atoms with van der Waals surface area (Å²) in [6, 6.07) is 9.02. The lowest BCUT2D eigenvalue weighted by atomic mass is 10.1. The van der Waals surface area contributed by atoms with Crippen LogP contribution < -0.4 is 10.9 Å². The van der Waals surface area contributed by atoms with Gasteiger partial charge in [0.15, 0.2) is 4.96 Å². The van der Waals surface area contributed by atoms with Crippen LogP contribution in [0.4, 0.5) is 5.69 Å². The quantitative estimate of drug-likeness (QED) is 0.782. The fourth-order valence-electron chi connectivity index (χ4n) is 3.04. The Morgan fingerprint density at radius 2 is 2.08 bits per heavy atom. The third-order valence-corrected chi connectivity index (χ3v) is 5.09. The number of nitrogens with zero attached hydrogens (tertiary/aromatic N) is 3. The maximum absolute atomic E-state index is 12.5. The topological polar surface area (TPSA) is 66.7 Å². The van der Waals surface area contributed by atoms with Crippen LogP contribution in [0, 0.1) is 0 Å². The summed E-state index contributed by atoms with van der Waals surface area (Å²) in [7, 11) is 0. The molecule has 6 nitrogen and oxygen atoms in total. The minimum atomic E-state index is -0.0824. The van der Waals surface area contributed by atoms with E-state index in [1.54, 1.807) is 6.20 Å². The third-order valence-electron chi connectivity index (χ3n) is 4.33. The van der Waals surface area contributed by atoms with Gasteiger partial charge in [-0.05, 0) is 31.0 Å². The standard InChI is InChI=1S/C18H18N4O2S/c23-16-11-15(20-18-22(16)8-9-25-18)12-19-14-5-3-4-13(10-14)17(24)21-6-1-2-7-21/h3-5,8-11,19H,1-2,6-7,12H2. The Morgan fingerprint density at radius 1 is 1.24 bits per heavy atom. The van der Waals surface area contributed by atoms with Gasteiger partial charge in [0.2, 0.25) is 0 Å². The molecule has 2 aromatic heterocycles. The second kappa shape index (κ2) is 6.68. The summed E-state index contributed by atoms with van der Waals surface area (Å²) in [5.74, 6) is 0.0810. The predicted molar refractivity (Wildman–Crippen MR) is 98.2 cm³/mol. The second-order valence-electron chi connectivity index (χ2n) is 6.07. The first-order valence-electron chi connectivity index (χ1n) is 8.30. The van der Waals surface area contributed by atoms with E-state index in [0.717, 1.165) is 31.6 Å². The van der Waals surface area contributed by atoms with Gasteiger partial charge < -0.3 is 10.2 Å². The van der Waals surface area contributed by atoms with Gasteiger partial charge in [-0.3, -0.25) is 14.0 Å². The number of hydrogen-bond acceptors (Lipinski definition) is 5. The molecular formula is C18H18N4O2S. The number of fused-ring (bicyclic) bond motifs is 1. The molecule has 1 fully saturated rings. The highest BCUT2D eigenvalue weighted by molar-refractivity contribution is 7.15. The molecule has 0 unspecified atom stereocenters. The Balaban J connectivity index is 1.49. The normalized spacial score (nSPS) is 14.2. The number of aromatic nitrogens is 2. The zero-order valence-electron chi connectivity index (χ0n) is 13.6. The summed E-state index contributed by atoms with van der Waals surface area (Å²) in [5, 5.41) is 5.10. The first-order chi connectivity index (χ1) is 12.2. The highest BCUT2D eigenvalue weighted by atomic mass is 32.1. The van der Waals surface area contributed by atoms with Crippen LogP contribution in [0.1, 0.15) is 28.9 Å². The summed E-state index contributed by atoms with van der Waals surface area (Å²) in [6.45, 7) is 2.11. The Labute approximate surface area is 148 Å². The second-order valence-corrected chi connectivity index (χ2v) is 6.95. The van der Waals surface area contributed by atoms with Crippen LogP contribution in [0.25, 0.3) is 4.96 Å². The van der Waals surface area contributed by atoms with Gasteiger partial charge in [0.25, 0.3) is 11.5 Å². The molecule has 1 amide bonds. The number of nitrogens with one attached hydrogen (secondary N) is 1. The number of hydrogen-bond donors (Lipinski definition) is 1. The summed E-state index contributed by atoms with van der Waals surface area (Å²) < 4.78 is 1.53. The van der Waals surface area contributed by atoms with Crippen molar-refractivity contribution in [3.05, 3.63) is 63.5 Å². The van der Waals surface area contributed by atoms with E-state index in [4.69, 9.17) is 0 Å². The Hall–Kier alpha value is -2.67. The molecule has 3 heterocycles. The van der Waals surface area contributed by atoms with Gasteiger partial charge in [0.1, 0.15) is 0 Å². The van der Waals surface area contributed by atoms with E-state index in [0.29, 0.717) is 22.8 Å².